The number of aryl methyl sites for hydroxylation is 1. The van der Waals surface area contributed by atoms with Gasteiger partial charge in [0.25, 0.3) is 5.91 Å². The van der Waals surface area contributed by atoms with Crippen molar-refractivity contribution in [2.24, 2.45) is 0 Å². The minimum Gasteiger partial charge on any atom is -0.321 e. The van der Waals surface area contributed by atoms with Crippen LogP contribution < -0.4 is 10.2 Å². The highest BCUT2D eigenvalue weighted by Crippen LogP contribution is 2.24. The Balaban J connectivity index is 1.71. The third-order valence-corrected chi connectivity index (χ3v) is 4.59. The van der Waals surface area contributed by atoms with Gasteiger partial charge in [0.2, 0.25) is 5.91 Å². The lowest BCUT2D eigenvalue weighted by molar-refractivity contribution is -0.117. The number of anilines is 2. The van der Waals surface area contributed by atoms with Crippen LogP contribution in [0.25, 0.3) is 0 Å². The van der Waals surface area contributed by atoms with Gasteiger partial charge in [0.05, 0.1) is 4.88 Å². The van der Waals surface area contributed by atoms with Crippen molar-refractivity contribution in [2.45, 2.75) is 19.8 Å². The molecule has 0 bridgehead atoms. The molecule has 0 saturated carbocycles. The average molecular weight is 300 g/mol. The van der Waals surface area contributed by atoms with Gasteiger partial charge >= 0.3 is 0 Å². The quantitative estimate of drug-likeness (QED) is 0.944. The maximum Gasteiger partial charge on any atom is 0.265 e. The molecule has 2 amide bonds. The second kappa shape index (κ2) is 5.69. The normalized spacial score (nSPS) is 14.5. The summed E-state index contributed by atoms with van der Waals surface area (Å²) in [5.74, 6) is 0.0773. The molecule has 5 heteroatoms. The molecule has 3 rings (SSSR count). The SMILES string of the molecule is Cc1ccsc1C(=O)Nc1ccc(N2CCCC2=O)cc1. The number of carbonyl (C=O) groups excluding carboxylic acids is 2. The zero-order valence-corrected chi connectivity index (χ0v) is 12.6. The number of thiophene rings is 1. The zero-order valence-electron chi connectivity index (χ0n) is 11.8. The highest BCUT2D eigenvalue weighted by Gasteiger charge is 2.21. The fourth-order valence-corrected chi connectivity index (χ4v) is 3.26. The molecule has 4 nitrogen and oxygen atoms in total. The van der Waals surface area contributed by atoms with Gasteiger partial charge in [-0.25, -0.2) is 0 Å². The molecule has 0 atom stereocenters. The Morgan fingerprint density at radius 1 is 1.24 bits per heavy atom. The Bertz CT molecular complexity index is 676. The Morgan fingerprint density at radius 3 is 2.57 bits per heavy atom. The Kier molecular flexibility index (Phi) is 3.75. The summed E-state index contributed by atoms with van der Waals surface area (Å²) in [5, 5.41) is 4.79. The van der Waals surface area contributed by atoms with Gasteiger partial charge in [0, 0.05) is 24.3 Å². The van der Waals surface area contributed by atoms with Crippen LogP contribution in [0.5, 0.6) is 0 Å². The standard InChI is InChI=1S/C16H16N2O2S/c1-11-8-10-21-15(11)16(20)17-12-4-6-13(7-5-12)18-9-2-3-14(18)19/h4-8,10H,2-3,9H2,1H3,(H,17,20). The summed E-state index contributed by atoms with van der Waals surface area (Å²) in [7, 11) is 0. The molecule has 1 aliphatic rings. The fraction of sp³-hybridized carbons (Fsp3) is 0.250. The smallest absolute Gasteiger partial charge is 0.265 e. The number of hydrogen-bond acceptors (Lipinski definition) is 3. The first kappa shape index (κ1) is 13.8. The van der Waals surface area contributed by atoms with Crippen molar-refractivity contribution >= 4 is 34.5 Å². The van der Waals surface area contributed by atoms with Gasteiger partial charge in [-0.05, 0) is 54.6 Å². The number of hydrogen-bond donors (Lipinski definition) is 1. The summed E-state index contributed by atoms with van der Waals surface area (Å²) in [5.41, 5.74) is 2.61. The van der Waals surface area contributed by atoms with E-state index in [0.29, 0.717) is 6.42 Å². The third kappa shape index (κ3) is 2.83. The summed E-state index contributed by atoms with van der Waals surface area (Å²) in [6.07, 6.45) is 1.53. The highest BCUT2D eigenvalue weighted by atomic mass is 32.1. The van der Waals surface area contributed by atoms with Crippen LogP contribution in [0.2, 0.25) is 0 Å². The average Bonchev–Trinajstić information content (AvgIpc) is 3.08. The number of nitrogens with zero attached hydrogens (tertiary/aromatic N) is 1. The summed E-state index contributed by atoms with van der Waals surface area (Å²) >= 11 is 1.44. The number of carbonyl (C=O) groups is 2. The minimum atomic E-state index is -0.0903. The van der Waals surface area contributed by atoms with Gasteiger partial charge in [-0.3, -0.25) is 9.59 Å². The Hall–Kier alpha value is -2.14. The molecule has 1 saturated heterocycles. The van der Waals surface area contributed by atoms with Crippen LogP contribution in [0, 0.1) is 6.92 Å². The first-order valence-electron chi connectivity index (χ1n) is 6.91. The molecule has 0 radical (unpaired) electrons. The van der Waals surface area contributed by atoms with Crippen molar-refractivity contribution in [2.75, 3.05) is 16.8 Å². The fourth-order valence-electron chi connectivity index (χ4n) is 2.44. The van der Waals surface area contributed by atoms with Crippen LogP contribution in [0.3, 0.4) is 0 Å². The van der Waals surface area contributed by atoms with E-state index in [4.69, 9.17) is 0 Å². The first-order valence-corrected chi connectivity index (χ1v) is 7.79. The number of amides is 2. The van der Waals surface area contributed by atoms with Crippen LogP contribution >= 0.6 is 11.3 Å². The van der Waals surface area contributed by atoms with Crippen LogP contribution in [0.15, 0.2) is 35.7 Å². The molecule has 1 fully saturated rings. The van der Waals surface area contributed by atoms with Crippen LogP contribution in [-0.4, -0.2) is 18.4 Å². The molecule has 21 heavy (non-hydrogen) atoms. The summed E-state index contributed by atoms with van der Waals surface area (Å²) < 4.78 is 0. The van der Waals surface area contributed by atoms with Crippen molar-refractivity contribution in [1.82, 2.24) is 0 Å². The van der Waals surface area contributed by atoms with E-state index in [1.54, 1.807) is 4.90 Å². The van der Waals surface area contributed by atoms with Crippen LogP contribution in [-0.2, 0) is 4.79 Å². The van der Waals surface area contributed by atoms with Crippen molar-refractivity contribution in [3.8, 4) is 0 Å². The second-order valence-electron chi connectivity index (χ2n) is 5.08. The highest BCUT2D eigenvalue weighted by molar-refractivity contribution is 7.12. The van der Waals surface area contributed by atoms with Crippen LogP contribution in [0.4, 0.5) is 11.4 Å². The van der Waals surface area contributed by atoms with Gasteiger partial charge in [-0.2, -0.15) is 0 Å². The van der Waals surface area contributed by atoms with Crippen molar-refractivity contribution in [3.05, 3.63) is 46.2 Å². The van der Waals surface area contributed by atoms with E-state index in [1.807, 2.05) is 42.6 Å². The van der Waals surface area contributed by atoms with Crippen molar-refractivity contribution in [1.29, 1.82) is 0 Å². The van der Waals surface area contributed by atoms with Gasteiger partial charge in [-0.1, -0.05) is 0 Å². The van der Waals surface area contributed by atoms with E-state index >= 15 is 0 Å². The van der Waals surface area contributed by atoms with E-state index < -0.39 is 0 Å². The molecule has 1 aromatic carbocycles. The van der Waals surface area contributed by atoms with Crippen LogP contribution in [0.1, 0.15) is 28.1 Å². The van der Waals surface area contributed by atoms with E-state index in [0.717, 1.165) is 34.8 Å². The topological polar surface area (TPSA) is 49.4 Å². The predicted molar refractivity (Wildman–Crippen MR) is 85.0 cm³/mol. The number of benzene rings is 1. The second-order valence-corrected chi connectivity index (χ2v) is 6.00. The van der Waals surface area contributed by atoms with E-state index in [-0.39, 0.29) is 11.8 Å². The zero-order chi connectivity index (χ0) is 14.8. The van der Waals surface area contributed by atoms with Gasteiger partial charge in [-0.15, -0.1) is 11.3 Å². The van der Waals surface area contributed by atoms with E-state index in [2.05, 4.69) is 5.32 Å². The van der Waals surface area contributed by atoms with Gasteiger partial charge in [0.15, 0.2) is 0 Å². The molecule has 0 unspecified atom stereocenters. The Labute approximate surface area is 127 Å². The summed E-state index contributed by atoms with van der Waals surface area (Å²) in [4.78, 5) is 26.3. The lowest BCUT2D eigenvalue weighted by Crippen LogP contribution is -2.23. The molecular formula is C16H16N2O2S. The summed E-state index contributed by atoms with van der Waals surface area (Å²) in [6.45, 7) is 2.70. The molecule has 1 aromatic heterocycles. The third-order valence-electron chi connectivity index (χ3n) is 3.58. The van der Waals surface area contributed by atoms with Crippen molar-refractivity contribution < 1.29 is 9.59 Å². The summed E-state index contributed by atoms with van der Waals surface area (Å²) in [6, 6.07) is 9.35. The maximum atomic E-state index is 12.1. The molecule has 1 N–H and O–H groups in total. The lowest BCUT2D eigenvalue weighted by atomic mass is 10.2. The monoisotopic (exact) mass is 300 g/mol. The van der Waals surface area contributed by atoms with Gasteiger partial charge < -0.3 is 10.2 Å². The maximum absolute atomic E-state index is 12.1. The Morgan fingerprint density at radius 2 is 2.00 bits per heavy atom. The molecule has 0 aliphatic carbocycles. The van der Waals surface area contributed by atoms with E-state index in [1.165, 1.54) is 11.3 Å². The number of rotatable bonds is 3. The van der Waals surface area contributed by atoms with Gasteiger partial charge in [0.1, 0.15) is 0 Å². The number of nitrogens with one attached hydrogen (secondary N) is 1. The predicted octanol–water partition coefficient (Wildman–Crippen LogP) is 3.44. The molecule has 2 aromatic rings. The van der Waals surface area contributed by atoms with Crippen molar-refractivity contribution in [3.63, 3.8) is 0 Å². The largest absolute Gasteiger partial charge is 0.321 e. The molecule has 0 spiro atoms. The molecule has 1 aliphatic heterocycles. The molecule has 2 heterocycles. The molecule has 108 valence electrons. The lowest BCUT2D eigenvalue weighted by Gasteiger charge is -2.16. The minimum absolute atomic E-state index is 0.0903. The van der Waals surface area contributed by atoms with E-state index in [9.17, 15) is 9.59 Å². The molecular weight excluding hydrogens is 284 g/mol. The first-order chi connectivity index (χ1) is 10.1.